The van der Waals surface area contributed by atoms with Crippen molar-refractivity contribution in [2.75, 3.05) is 26.4 Å². The van der Waals surface area contributed by atoms with Gasteiger partial charge in [-0.1, -0.05) is 366 Å². The summed E-state index contributed by atoms with van der Waals surface area (Å²) in [5.74, 6) is -0.232. The van der Waals surface area contributed by atoms with E-state index in [2.05, 4.69) is 31.3 Å². The van der Waals surface area contributed by atoms with Gasteiger partial charge in [-0.3, -0.25) is 4.79 Å². The van der Waals surface area contributed by atoms with Crippen LogP contribution in [-0.4, -0.2) is 193 Å². The number of unbranched alkanes of at least 4 members (excludes halogenated alkanes) is 55. The first-order chi connectivity index (χ1) is 51.3. The molecule has 0 spiro atoms. The molecule has 19 nitrogen and oxygen atoms in total. The lowest BCUT2D eigenvalue weighted by Gasteiger charge is -2.48. The number of aliphatic hydroxyl groups is 11. The van der Waals surface area contributed by atoms with Crippen LogP contribution in [0.4, 0.5) is 0 Å². The van der Waals surface area contributed by atoms with E-state index in [1.165, 1.54) is 321 Å². The summed E-state index contributed by atoms with van der Waals surface area (Å²) >= 11 is 0. The third kappa shape index (κ3) is 46.3. The maximum Gasteiger partial charge on any atom is 0.220 e. The van der Waals surface area contributed by atoms with E-state index in [4.69, 9.17) is 28.4 Å². The fourth-order valence-corrected chi connectivity index (χ4v) is 15.5. The lowest BCUT2D eigenvalue weighted by Crippen LogP contribution is -2.66. The van der Waals surface area contributed by atoms with Crippen LogP contribution in [0, 0.1) is 0 Å². The van der Waals surface area contributed by atoms with E-state index in [-0.39, 0.29) is 18.9 Å². The molecule has 19 heteroatoms. The zero-order valence-corrected chi connectivity index (χ0v) is 67.0. The summed E-state index contributed by atoms with van der Waals surface area (Å²) in [4.78, 5) is 13.5. The molecule has 17 unspecified atom stereocenters. The van der Waals surface area contributed by atoms with Crippen molar-refractivity contribution in [2.45, 2.75) is 503 Å². The molecule has 105 heavy (non-hydrogen) atoms. The minimum atomic E-state index is -1.97. The molecule has 622 valence electrons. The van der Waals surface area contributed by atoms with Crippen molar-refractivity contribution in [2.24, 2.45) is 0 Å². The lowest BCUT2D eigenvalue weighted by atomic mass is 9.96. The van der Waals surface area contributed by atoms with Crippen molar-refractivity contribution in [1.82, 2.24) is 5.32 Å². The molecule has 0 bridgehead atoms. The molecule has 17 atom stereocenters. The Morgan fingerprint density at radius 1 is 0.333 bits per heavy atom. The van der Waals surface area contributed by atoms with Gasteiger partial charge in [0, 0.05) is 6.42 Å². The Kier molecular flexibility index (Phi) is 62.4. The van der Waals surface area contributed by atoms with E-state index in [0.29, 0.717) is 12.8 Å². The highest BCUT2D eigenvalue weighted by molar-refractivity contribution is 5.76. The van der Waals surface area contributed by atoms with Crippen LogP contribution in [0.2, 0.25) is 0 Å². The molecule has 3 heterocycles. The van der Waals surface area contributed by atoms with Crippen molar-refractivity contribution >= 4 is 5.91 Å². The van der Waals surface area contributed by atoms with Crippen molar-refractivity contribution < 1.29 is 89.4 Å². The van der Waals surface area contributed by atoms with E-state index >= 15 is 0 Å². The monoisotopic (exact) mass is 1500 g/mol. The standard InChI is InChI=1S/C86H165NO18/c1-3-5-7-9-11-13-15-17-19-21-23-25-26-27-28-29-30-31-32-33-34-35-36-37-38-39-40-41-42-44-46-48-50-52-54-56-58-60-62-64-74(92)87-69(70(91)63-61-59-57-55-53-51-49-47-45-43-24-22-20-18-16-14-12-10-8-6-4-2)68-100-84-80(98)77(95)82(72(66-89)102-84)105-86-81(99)78(96)83(73(67-90)103-86)104-85-79(97)76(94)75(93)71(65-88)101-85/h21,23,69-73,75-86,88-91,93-99H,3-20,22,24-68H2,1-2H3,(H,87,92)/b23-21-. The number of amides is 1. The van der Waals surface area contributed by atoms with Gasteiger partial charge >= 0.3 is 0 Å². The van der Waals surface area contributed by atoms with E-state index in [0.717, 1.165) is 44.9 Å². The van der Waals surface area contributed by atoms with Gasteiger partial charge in [0.1, 0.15) is 73.2 Å². The Hall–Kier alpha value is -1.47. The summed E-state index contributed by atoms with van der Waals surface area (Å²) < 4.78 is 34.6. The number of allylic oxidation sites excluding steroid dienone is 2. The third-order valence-corrected chi connectivity index (χ3v) is 22.6. The number of hydrogen-bond acceptors (Lipinski definition) is 18. The number of ether oxygens (including phenoxy) is 6. The SMILES string of the molecule is CCCCCCCCCC/C=C\CCCCCCCCCCCCCCCCCCCCCCCCCCCCCC(=O)NC(COC1OC(CO)C(OC2OC(CO)C(OC3OC(CO)C(O)C(O)C3O)C(O)C2O)C(O)C1O)C(O)CCCCCCCCCCCCCCCCCCCCCCC. The first-order valence-corrected chi connectivity index (χ1v) is 44.4. The normalized spacial score (nSPS) is 25.7. The van der Waals surface area contributed by atoms with Gasteiger partial charge in [0.25, 0.3) is 0 Å². The summed E-state index contributed by atoms with van der Waals surface area (Å²) in [6.45, 7) is 1.87. The van der Waals surface area contributed by atoms with Gasteiger partial charge in [0.2, 0.25) is 5.91 Å². The third-order valence-electron chi connectivity index (χ3n) is 22.6. The van der Waals surface area contributed by atoms with Gasteiger partial charge < -0.3 is 89.9 Å². The zero-order valence-electron chi connectivity index (χ0n) is 67.0. The second kappa shape index (κ2) is 67.1. The second-order valence-corrected chi connectivity index (χ2v) is 32.1. The van der Waals surface area contributed by atoms with Crippen LogP contribution in [0.5, 0.6) is 0 Å². The quantitative estimate of drug-likeness (QED) is 0.0199. The summed E-state index contributed by atoms with van der Waals surface area (Å²) in [6.07, 6.45) is 54.8. The van der Waals surface area contributed by atoms with Crippen LogP contribution in [0.15, 0.2) is 12.2 Å². The number of hydrogen-bond donors (Lipinski definition) is 12. The fraction of sp³-hybridized carbons (Fsp3) is 0.965. The highest BCUT2D eigenvalue weighted by Gasteiger charge is 2.54. The zero-order chi connectivity index (χ0) is 76.0. The van der Waals surface area contributed by atoms with Gasteiger partial charge in [-0.15, -0.1) is 0 Å². The molecule has 0 radical (unpaired) electrons. The Labute approximate surface area is 639 Å². The molecule has 0 saturated carbocycles. The Bertz CT molecular complexity index is 1940. The number of carbonyl (C=O) groups excluding carboxylic acids is 1. The largest absolute Gasteiger partial charge is 0.394 e. The first-order valence-electron chi connectivity index (χ1n) is 44.4. The average Bonchev–Trinajstić information content (AvgIpc) is 0.780. The maximum absolute atomic E-state index is 13.5. The molecule has 3 rings (SSSR count). The molecule has 3 fully saturated rings. The Morgan fingerprint density at radius 3 is 0.924 bits per heavy atom. The van der Waals surface area contributed by atoms with Crippen LogP contribution in [0.25, 0.3) is 0 Å². The smallest absolute Gasteiger partial charge is 0.220 e. The maximum atomic E-state index is 13.5. The number of carbonyl (C=O) groups is 1. The highest BCUT2D eigenvalue weighted by atomic mass is 16.8. The Morgan fingerprint density at radius 2 is 0.600 bits per heavy atom. The molecule has 3 aliphatic rings. The summed E-state index contributed by atoms with van der Waals surface area (Å²) in [6, 6.07) is -0.885. The van der Waals surface area contributed by atoms with Crippen LogP contribution in [0.1, 0.15) is 399 Å². The molecule has 3 saturated heterocycles. The van der Waals surface area contributed by atoms with Crippen LogP contribution < -0.4 is 5.32 Å². The predicted molar refractivity (Wildman–Crippen MR) is 420 cm³/mol. The number of nitrogens with one attached hydrogen (secondary N) is 1. The molecule has 0 aliphatic carbocycles. The summed E-state index contributed by atoms with van der Waals surface area (Å²) in [7, 11) is 0. The number of rotatable bonds is 73. The summed E-state index contributed by atoms with van der Waals surface area (Å²) in [5.41, 5.74) is 0. The van der Waals surface area contributed by atoms with Gasteiger partial charge in [0.15, 0.2) is 18.9 Å². The van der Waals surface area contributed by atoms with Gasteiger partial charge in [-0.2, -0.15) is 0 Å². The molecule has 3 aliphatic heterocycles. The Balaban J connectivity index is 1.29. The lowest BCUT2D eigenvalue weighted by molar-refractivity contribution is -0.379. The van der Waals surface area contributed by atoms with Crippen molar-refractivity contribution in [3.05, 3.63) is 12.2 Å². The average molecular weight is 1500 g/mol. The molecule has 0 aromatic rings. The second-order valence-electron chi connectivity index (χ2n) is 32.1. The van der Waals surface area contributed by atoms with Gasteiger partial charge in [-0.05, 0) is 38.5 Å². The van der Waals surface area contributed by atoms with Crippen LogP contribution in [0.3, 0.4) is 0 Å². The van der Waals surface area contributed by atoms with Crippen LogP contribution in [-0.2, 0) is 33.2 Å². The van der Waals surface area contributed by atoms with E-state index in [1.54, 1.807) is 0 Å². The van der Waals surface area contributed by atoms with E-state index < -0.39 is 124 Å². The van der Waals surface area contributed by atoms with Crippen molar-refractivity contribution in [3.8, 4) is 0 Å². The molecule has 1 amide bonds. The van der Waals surface area contributed by atoms with Gasteiger partial charge in [0.05, 0.1) is 38.6 Å². The highest BCUT2D eigenvalue weighted by Crippen LogP contribution is 2.34. The summed E-state index contributed by atoms with van der Waals surface area (Å²) in [5, 5.41) is 121. The molecular weight excluding hydrogens is 1330 g/mol. The molecule has 0 aromatic carbocycles. The molecular formula is C86H165NO18. The predicted octanol–water partition coefficient (Wildman–Crippen LogP) is 16.3. The van der Waals surface area contributed by atoms with E-state index in [1.807, 2.05) is 0 Å². The first kappa shape index (κ1) is 97.7. The minimum Gasteiger partial charge on any atom is -0.394 e. The minimum absolute atomic E-state index is 0.232. The molecule has 12 N–H and O–H groups in total. The van der Waals surface area contributed by atoms with Crippen molar-refractivity contribution in [1.29, 1.82) is 0 Å². The van der Waals surface area contributed by atoms with E-state index in [9.17, 15) is 61.0 Å². The van der Waals surface area contributed by atoms with Crippen molar-refractivity contribution in [3.63, 3.8) is 0 Å². The number of aliphatic hydroxyl groups excluding tert-OH is 11. The fourth-order valence-electron chi connectivity index (χ4n) is 15.5. The van der Waals surface area contributed by atoms with Gasteiger partial charge in [-0.25, -0.2) is 0 Å². The van der Waals surface area contributed by atoms with Crippen LogP contribution >= 0.6 is 0 Å². The molecule has 0 aromatic heterocycles. The topological polar surface area (TPSA) is 307 Å².